The fourth-order valence-corrected chi connectivity index (χ4v) is 1.50. The maximum absolute atomic E-state index is 11.7. The van der Waals surface area contributed by atoms with Crippen LogP contribution in [0.4, 0.5) is 0 Å². The highest BCUT2D eigenvalue weighted by Crippen LogP contribution is 2.17. The summed E-state index contributed by atoms with van der Waals surface area (Å²) in [6, 6.07) is 7.46. The lowest BCUT2D eigenvalue weighted by molar-refractivity contribution is -0.135. The van der Waals surface area contributed by atoms with Crippen LogP contribution in [0.25, 0.3) is 5.57 Å². The average molecular weight is 260 g/mol. The third kappa shape index (κ3) is 4.43. The van der Waals surface area contributed by atoms with E-state index in [9.17, 15) is 9.59 Å². The molecule has 0 unspecified atom stereocenters. The molecule has 4 nitrogen and oxygen atoms in total. The Morgan fingerprint density at radius 2 is 1.89 bits per heavy atom. The molecule has 0 aliphatic rings. The lowest BCUT2D eigenvalue weighted by Crippen LogP contribution is -2.04. The Bertz CT molecular complexity index is 527. The molecular weight excluding hydrogens is 244 g/mol. The van der Waals surface area contributed by atoms with Gasteiger partial charge in [-0.1, -0.05) is 35.9 Å². The number of allylic oxidation sites excluding steroid dienone is 2. The third-order valence-corrected chi connectivity index (χ3v) is 2.43. The number of esters is 2. The van der Waals surface area contributed by atoms with Crippen LogP contribution in [0, 0.1) is 6.92 Å². The van der Waals surface area contributed by atoms with Crippen LogP contribution in [0.5, 0.6) is 0 Å². The van der Waals surface area contributed by atoms with Crippen molar-refractivity contribution >= 4 is 17.5 Å². The van der Waals surface area contributed by atoms with Crippen LogP contribution in [-0.2, 0) is 19.1 Å². The second-order valence-corrected chi connectivity index (χ2v) is 3.82. The van der Waals surface area contributed by atoms with Crippen LogP contribution in [0.15, 0.2) is 42.5 Å². The Labute approximate surface area is 112 Å². The minimum Gasteiger partial charge on any atom is -0.466 e. The summed E-state index contributed by atoms with van der Waals surface area (Å²) in [6.45, 7) is 1.93. The first kappa shape index (κ1) is 14.7. The SMILES string of the molecule is COC(=O)/C=C\C=C(\C(=O)OC)c1cccc(C)c1. The monoisotopic (exact) mass is 260 g/mol. The minimum atomic E-state index is -0.482. The summed E-state index contributed by atoms with van der Waals surface area (Å²) in [5.74, 6) is -0.940. The van der Waals surface area contributed by atoms with Crippen molar-refractivity contribution in [1.82, 2.24) is 0 Å². The zero-order valence-corrected chi connectivity index (χ0v) is 11.2. The fourth-order valence-electron chi connectivity index (χ4n) is 1.50. The Hall–Kier alpha value is -2.36. The zero-order valence-electron chi connectivity index (χ0n) is 11.2. The Morgan fingerprint density at radius 3 is 2.47 bits per heavy atom. The van der Waals surface area contributed by atoms with Crippen molar-refractivity contribution in [3.63, 3.8) is 0 Å². The summed E-state index contributed by atoms with van der Waals surface area (Å²) in [5.41, 5.74) is 2.15. The van der Waals surface area contributed by atoms with Crippen LogP contribution in [-0.4, -0.2) is 26.2 Å². The summed E-state index contributed by atoms with van der Waals surface area (Å²) in [7, 11) is 2.61. The highest BCUT2D eigenvalue weighted by atomic mass is 16.5. The van der Waals surface area contributed by atoms with Gasteiger partial charge in [0.1, 0.15) is 0 Å². The van der Waals surface area contributed by atoms with Gasteiger partial charge in [-0.05, 0) is 18.6 Å². The molecule has 0 radical (unpaired) electrons. The highest BCUT2D eigenvalue weighted by Gasteiger charge is 2.11. The van der Waals surface area contributed by atoms with E-state index in [2.05, 4.69) is 4.74 Å². The summed E-state index contributed by atoms with van der Waals surface area (Å²) >= 11 is 0. The van der Waals surface area contributed by atoms with Gasteiger partial charge in [-0.3, -0.25) is 0 Å². The van der Waals surface area contributed by atoms with Gasteiger partial charge in [-0.25, -0.2) is 9.59 Å². The van der Waals surface area contributed by atoms with Crippen molar-refractivity contribution < 1.29 is 19.1 Å². The quantitative estimate of drug-likeness (QED) is 0.473. The van der Waals surface area contributed by atoms with Crippen molar-refractivity contribution in [1.29, 1.82) is 0 Å². The van der Waals surface area contributed by atoms with Crippen molar-refractivity contribution in [2.45, 2.75) is 6.92 Å². The van der Waals surface area contributed by atoms with E-state index in [0.29, 0.717) is 5.57 Å². The van der Waals surface area contributed by atoms with E-state index in [1.807, 2.05) is 31.2 Å². The van der Waals surface area contributed by atoms with Gasteiger partial charge in [0.15, 0.2) is 0 Å². The molecule has 1 aromatic rings. The number of hydrogen-bond donors (Lipinski definition) is 0. The molecule has 100 valence electrons. The van der Waals surface area contributed by atoms with Crippen LogP contribution in [0.3, 0.4) is 0 Å². The van der Waals surface area contributed by atoms with Gasteiger partial charge in [-0.15, -0.1) is 0 Å². The van der Waals surface area contributed by atoms with Crippen LogP contribution in [0.1, 0.15) is 11.1 Å². The molecule has 0 N–H and O–H groups in total. The lowest BCUT2D eigenvalue weighted by Gasteiger charge is -2.05. The molecule has 0 bridgehead atoms. The minimum absolute atomic E-state index is 0.381. The maximum Gasteiger partial charge on any atom is 0.338 e. The van der Waals surface area contributed by atoms with E-state index < -0.39 is 11.9 Å². The van der Waals surface area contributed by atoms with Gasteiger partial charge in [0.2, 0.25) is 0 Å². The number of hydrogen-bond acceptors (Lipinski definition) is 4. The van der Waals surface area contributed by atoms with E-state index >= 15 is 0 Å². The van der Waals surface area contributed by atoms with Crippen LogP contribution >= 0.6 is 0 Å². The number of methoxy groups -OCH3 is 2. The topological polar surface area (TPSA) is 52.6 Å². The van der Waals surface area contributed by atoms with E-state index in [1.54, 1.807) is 0 Å². The Morgan fingerprint density at radius 1 is 1.16 bits per heavy atom. The van der Waals surface area contributed by atoms with E-state index in [-0.39, 0.29) is 0 Å². The summed E-state index contributed by atoms with van der Waals surface area (Å²) in [4.78, 5) is 22.7. The lowest BCUT2D eigenvalue weighted by atomic mass is 10.0. The zero-order chi connectivity index (χ0) is 14.3. The fraction of sp³-hybridized carbons (Fsp3) is 0.200. The van der Waals surface area contributed by atoms with E-state index in [0.717, 1.165) is 11.1 Å². The summed E-state index contributed by atoms with van der Waals surface area (Å²) in [6.07, 6.45) is 4.22. The molecule has 1 rings (SSSR count). The molecule has 0 atom stereocenters. The van der Waals surface area contributed by atoms with Crippen molar-refractivity contribution in [2.24, 2.45) is 0 Å². The molecule has 0 saturated carbocycles. The molecule has 0 aliphatic heterocycles. The normalized spacial score (nSPS) is 11.4. The second kappa shape index (κ2) is 7.16. The van der Waals surface area contributed by atoms with Crippen LogP contribution in [0.2, 0.25) is 0 Å². The number of aryl methyl sites for hydroxylation is 1. The predicted molar refractivity (Wildman–Crippen MR) is 72.3 cm³/mol. The van der Waals surface area contributed by atoms with Gasteiger partial charge in [0.05, 0.1) is 19.8 Å². The number of benzene rings is 1. The van der Waals surface area contributed by atoms with Gasteiger partial charge < -0.3 is 9.47 Å². The first-order chi connectivity index (χ1) is 9.08. The molecule has 0 fully saturated rings. The molecule has 0 aromatic heterocycles. The highest BCUT2D eigenvalue weighted by molar-refractivity contribution is 6.16. The molecule has 0 heterocycles. The molecule has 4 heteroatoms. The maximum atomic E-state index is 11.7. The van der Waals surface area contributed by atoms with Gasteiger partial charge in [-0.2, -0.15) is 0 Å². The van der Waals surface area contributed by atoms with Crippen LogP contribution < -0.4 is 0 Å². The first-order valence-corrected chi connectivity index (χ1v) is 5.70. The molecule has 1 aromatic carbocycles. The molecule has 0 amide bonds. The number of rotatable bonds is 4. The van der Waals surface area contributed by atoms with Crippen molar-refractivity contribution in [3.8, 4) is 0 Å². The smallest absolute Gasteiger partial charge is 0.338 e. The largest absolute Gasteiger partial charge is 0.466 e. The first-order valence-electron chi connectivity index (χ1n) is 5.70. The molecular formula is C15H16O4. The number of carbonyl (C=O) groups is 2. The van der Waals surface area contributed by atoms with Crippen molar-refractivity contribution in [3.05, 3.63) is 53.6 Å². The number of ether oxygens (including phenoxy) is 2. The van der Waals surface area contributed by atoms with E-state index in [1.165, 1.54) is 32.4 Å². The molecule has 0 aliphatic carbocycles. The van der Waals surface area contributed by atoms with Crippen molar-refractivity contribution in [2.75, 3.05) is 14.2 Å². The standard InChI is InChI=1S/C15H16O4/c1-11-6-4-7-12(10-11)13(15(17)19-3)8-5-9-14(16)18-2/h4-10H,1-3H3/b9-5-,13-8+. The average Bonchev–Trinajstić information content (AvgIpc) is 2.42. The van der Waals surface area contributed by atoms with Gasteiger partial charge in [0, 0.05) is 6.08 Å². The molecule has 0 saturated heterocycles. The van der Waals surface area contributed by atoms with Gasteiger partial charge in [0.25, 0.3) is 0 Å². The molecule has 19 heavy (non-hydrogen) atoms. The number of carbonyl (C=O) groups excluding carboxylic acids is 2. The summed E-state index contributed by atoms with van der Waals surface area (Å²) < 4.78 is 9.21. The van der Waals surface area contributed by atoms with E-state index in [4.69, 9.17) is 4.74 Å². The van der Waals surface area contributed by atoms with Gasteiger partial charge >= 0.3 is 11.9 Å². The third-order valence-electron chi connectivity index (χ3n) is 2.43. The Kier molecular flexibility index (Phi) is 5.54. The molecule has 0 spiro atoms. The summed E-state index contributed by atoms with van der Waals surface area (Å²) in [5, 5.41) is 0. The second-order valence-electron chi connectivity index (χ2n) is 3.82. The predicted octanol–water partition coefficient (Wildman–Crippen LogP) is 2.28. The Balaban J connectivity index is 3.09.